The minimum absolute atomic E-state index is 0.347. The van der Waals surface area contributed by atoms with Gasteiger partial charge in [-0.2, -0.15) is 0 Å². The van der Waals surface area contributed by atoms with Crippen molar-refractivity contribution in [2.24, 2.45) is 0 Å². The molecule has 0 atom stereocenters. The lowest BCUT2D eigenvalue weighted by Gasteiger charge is -1.91. The van der Waals surface area contributed by atoms with E-state index in [9.17, 15) is 9.59 Å². The standard InChI is InChI=1S/C10H10.C5H8O2.C4H6O2/c1-2-3-7-10-8-5-4-6-9-10;1-4(2)5(6)7-3;1-3-4(5)6-2/h2-9H,1H2;1H2,2-3H3;3H,1H2,2H3. The third-order valence-corrected chi connectivity index (χ3v) is 2.13. The second kappa shape index (κ2) is 15.5. The average molecular weight is 316 g/mol. The van der Waals surface area contributed by atoms with Crippen LogP contribution in [-0.4, -0.2) is 26.2 Å². The Hall–Kier alpha value is -2.88. The lowest BCUT2D eigenvalue weighted by molar-refractivity contribution is -0.136. The highest BCUT2D eigenvalue weighted by atomic mass is 16.5. The Kier molecular flexibility index (Phi) is 15.1. The van der Waals surface area contributed by atoms with Gasteiger partial charge in [-0.1, -0.05) is 68.3 Å². The summed E-state index contributed by atoms with van der Waals surface area (Å²) in [7, 11) is 2.64. The molecular weight excluding hydrogens is 292 g/mol. The summed E-state index contributed by atoms with van der Waals surface area (Å²) >= 11 is 0. The van der Waals surface area contributed by atoms with Gasteiger partial charge in [-0.15, -0.1) is 0 Å². The van der Waals surface area contributed by atoms with Gasteiger partial charge in [-0.25, -0.2) is 9.59 Å². The highest BCUT2D eigenvalue weighted by Crippen LogP contribution is 1.99. The van der Waals surface area contributed by atoms with Gasteiger partial charge in [0.05, 0.1) is 14.2 Å². The summed E-state index contributed by atoms with van der Waals surface area (Å²) in [5, 5.41) is 0. The van der Waals surface area contributed by atoms with E-state index in [1.807, 2.05) is 30.4 Å². The number of esters is 2. The molecule has 0 heterocycles. The number of carbonyl (C=O) groups excluding carboxylic acids is 2. The quantitative estimate of drug-likeness (QED) is 0.479. The molecule has 1 aromatic carbocycles. The van der Waals surface area contributed by atoms with Gasteiger partial charge in [0.25, 0.3) is 0 Å². The normalized spacial score (nSPS) is 8.48. The fourth-order valence-corrected chi connectivity index (χ4v) is 1.00. The molecule has 0 amide bonds. The molecule has 0 unspecified atom stereocenters. The highest BCUT2D eigenvalue weighted by molar-refractivity contribution is 5.86. The molecule has 0 aliphatic carbocycles. The molecule has 0 bridgehead atoms. The van der Waals surface area contributed by atoms with Crippen LogP contribution < -0.4 is 0 Å². The number of rotatable bonds is 4. The lowest BCUT2D eigenvalue weighted by atomic mass is 10.2. The summed E-state index contributed by atoms with van der Waals surface area (Å²) in [4.78, 5) is 20.0. The van der Waals surface area contributed by atoms with Gasteiger partial charge in [0.1, 0.15) is 0 Å². The molecule has 0 saturated heterocycles. The van der Waals surface area contributed by atoms with E-state index in [0.29, 0.717) is 5.57 Å². The zero-order chi connectivity index (χ0) is 18.1. The molecule has 0 fully saturated rings. The maximum absolute atomic E-state index is 10.2. The van der Waals surface area contributed by atoms with Gasteiger partial charge in [0.2, 0.25) is 0 Å². The smallest absolute Gasteiger partial charge is 0.332 e. The monoisotopic (exact) mass is 316 g/mol. The van der Waals surface area contributed by atoms with E-state index >= 15 is 0 Å². The van der Waals surface area contributed by atoms with Crippen molar-refractivity contribution in [3.05, 3.63) is 79.4 Å². The topological polar surface area (TPSA) is 52.6 Å². The molecule has 0 aliphatic rings. The van der Waals surface area contributed by atoms with E-state index in [2.05, 4.69) is 41.3 Å². The van der Waals surface area contributed by atoms with Crippen LogP contribution in [-0.2, 0) is 19.1 Å². The van der Waals surface area contributed by atoms with Crippen LogP contribution in [0.15, 0.2) is 73.9 Å². The van der Waals surface area contributed by atoms with Crippen LogP contribution in [0.3, 0.4) is 0 Å². The minimum Gasteiger partial charge on any atom is -0.466 e. The summed E-state index contributed by atoms with van der Waals surface area (Å²) in [6.45, 7) is 11.7. The van der Waals surface area contributed by atoms with Crippen molar-refractivity contribution in [1.29, 1.82) is 0 Å². The van der Waals surface area contributed by atoms with Crippen LogP contribution in [0.2, 0.25) is 0 Å². The summed E-state index contributed by atoms with van der Waals surface area (Å²) in [5.74, 6) is -0.741. The average Bonchev–Trinajstić information content (AvgIpc) is 2.60. The number of hydrogen-bond donors (Lipinski definition) is 0. The van der Waals surface area contributed by atoms with E-state index < -0.39 is 5.97 Å². The second-order valence-electron chi connectivity index (χ2n) is 4.00. The van der Waals surface area contributed by atoms with Crippen LogP contribution in [0.25, 0.3) is 6.08 Å². The van der Waals surface area contributed by atoms with Crippen molar-refractivity contribution >= 4 is 18.0 Å². The fourth-order valence-electron chi connectivity index (χ4n) is 1.00. The van der Waals surface area contributed by atoms with E-state index in [4.69, 9.17) is 0 Å². The Labute approximate surface area is 138 Å². The lowest BCUT2D eigenvalue weighted by Crippen LogP contribution is -1.98. The molecule has 0 aliphatic heterocycles. The molecule has 4 nitrogen and oxygen atoms in total. The third kappa shape index (κ3) is 15.3. The molecular formula is C19H24O4. The molecule has 1 aromatic rings. The maximum atomic E-state index is 10.2. The van der Waals surface area contributed by atoms with Crippen molar-refractivity contribution in [1.82, 2.24) is 0 Å². The molecule has 124 valence electrons. The SMILES string of the molecule is C=C(C)C(=O)OC.C=CC(=O)OC.C=CC=Cc1ccccc1. The number of ether oxygens (including phenoxy) is 2. The summed E-state index contributed by atoms with van der Waals surface area (Å²) in [5.41, 5.74) is 1.64. The van der Waals surface area contributed by atoms with Gasteiger partial charge in [0.15, 0.2) is 0 Å². The Bertz CT molecular complexity index is 528. The summed E-state index contributed by atoms with van der Waals surface area (Å²) in [6.07, 6.45) is 6.83. The Morgan fingerprint density at radius 3 is 1.87 bits per heavy atom. The van der Waals surface area contributed by atoms with Crippen LogP contribution in [0, 0.1) is 0 Å². The van der Waals surface area contributed by atoms with Gasteiger partial charge in [0, 0.05) is 11.6 Å². The number of methoxy groups -OCH3 is 2. The molecule has 1 rings (SSSR count). The fraction of sp³-hybridized carbons (Fsp3) is 0.158. The zero-order valence-electron chi connectivity index (χ0n) is 14.0. The van der Waals surface area contributed by atoms with Gasteiger partial charge < -0.3 is 9.47 Å². The first-order valence-electron chi connectivity index (χ1n) is 6.71. The highest BCUT2D eigenvalue weighted by Gasteiger charge is 1.95. The molecule has 4 heteroatoms. The van der Waals surface area contributed by atoms with Gasteiger partial charge in [-0.05, 0) is 12.5 Å². The van der Waals surface area contributed by atoms with Crippen molar-refractivity contribution in [3.8, 4) is 0 Å². The van der Waals surface area contributed by atoms with Crippen molar-refractivity contribution in [3.63, 3.8) is 0 Å². The van der Waals surface area contributed by atoms with Gasteiger partial charge in [-0.3, -0.25) is 0 Å². The van der Waals surface area contributed by atoms with E-state index in [1.165, 1.54) is 19.8 Å². The van der Waals surface area contributed by atoms with Crippen molar-refractivity contribution in [2.75, 3.05) is 14.2 Å². The molecule has 0 radical (unpaired) electrons. The van der Waals surface area contributed by atoms with E-state index in [-0.39, 0.29) is 5.97 Å². The largest absolute Gasteiger partial charge is 0.466 e. The second-order valence-corrected chi connectivity index (χ2v) is 4.00. The van der Waals surface area contributed by atoms with Crippen LogP contribution in [0.4, 0.5) is 0 Å². The first-order chi connectivity index (χ1) is 10.9. The summed E-state index contributed by atoms with van der Waals surface area (Å²) < 4.78 is 8.42. The first-order valence-corrected chi connectivity index (χ1v) is 6.71. The number of hydrogen-bond acceptors (Lipinski definition) is 4. The molecule has 0 saturated carbocycles. The summed E-state index contributed by atoms with van der Waals surface area (Å²) in [6, 6.07) is 10.1. The van der Waals surface area contributed by atoms with Crippen LogP contribution >= 0.6 is 0 Å². The number of allylic oxidation sites excluding steroid dienone is 2. The predicted molar refractivity (Wildman–Crippen MR) is 94.7 cm³/mol. The number of carbonyl (C=O) groups is 2. The Morgan fingerprint density at radius 2 is 1.61 bits per heavy atom. The minimum atomic E-state index is -0.394. The van der Waals surface area contributed by atoms with Crippen LogP contribution in [0.1, 0.15) is 12.5 Å². The number of benzene rings is 1. The van der Waals surface area contributed by atoms with Crippen LogP contribution in [0.5, 0.6) is 0 Å². The van der Waals surface area contributed by atoms with Gasteiger partial charge >= 0.3 is 11.9 Å². The first kappa shape index (κ1) is 22.4. The molecule has 0 spiro atoms. The molecule has 0 aromatic heterocycles. The molecule has 0 N–H and O–H groups in total. The van der Waals surface area contributed by atoms with E-state index in [0.717, 1.165) is 6.08 Å². The predicted octanol–water partition coefficient (Wildman–Crippen LogP) is 3.97. The molecule has 23 heavy (non-hydrogen) atoms. The Balaban J connectivity index is 0. The van der Waals surface area contributed by atoms with Crippen molar-refractivity contribution in [2.45, 2.75) is 6.92 Å². The third-order valence-electron chi connectivity index (χ3n) is 2.13. The van der Waals surface area contributed by atoms with Crippen molar-refractivity contribution < 1.29 is 19.1 Å². The Morgan fingerprint density at radius 1 is 1.04 bits per heavy atom. The zero-order valence-corrected chi connectivity index (χ0v) is 14.0. The van der Waals surface area contributed by atoms with E-state index in [1.54, 1.807) is 13.0 Å². The maximum Gasteiger partial charge on any atom is 0.332 e.